The highest BCUT2D eigenvalue weighted by atomic mass is 127. The molecular weight excluding hydrogens is 362 g/mol. The van der Waals surface area contributed by atoms with Crippen LogP contribution in [0.25, 0.3) is 11.6 Å². The van der Waals surface area contributed by atoms with Crippen LogP contribution in [0.2, 0.25) is 0 Å². The first-order valence-electron chi connectivity index (χ1n) is 6.32. The zero-order valence-electron chi connectivity index (χ0n) is 10.9. The fourth-order valence-electron chi connectivity index (χ4n) is 1.91. The minimum Gasteiger partial charge on any atom is -0.419 e. The average Bonchev–Trinajstić information content (AvgIpc) is 3.03. The lowest BCUT2D eigenvalue weighted by molar-refractivity contribution is 0.355. The Labute approximate surface area is 124 Å². The molecule has 0 N–H and O–H groups in total. The maximum absolute atomic E-state index is 13.1. The van der Waals surface area contributed by atoms with Crippen LogP contribution in [-0.4, -0.2) is 20.0 Å². The van der Waals surface area contributed by atoms with Crippen molar-refractivity contribution in [3.8, 4) is 11.6 Å². The third kappa shape index (κ3) is 3.31. The predicted octanol–water partition coefficient (Wildman–Crippen LogP) is 4.09. The lowest BCUT2D eigenvalue weighted by atomic mass is 10.0. The van der Waals surface area contributed by atoms with Gasteiger partial charge in [-0.05, 0) is 41.5 Å². The highest BCUT2D eigenvalue weighted by Gasteiger charge is 2.18. The van der Waals surface area contributed by atoms with E-state index in [1.807, 2.05) is 0 Å². The van der Waals surface area contributed by atoms with Crippen LogP contribution in [0.4, 0.5) is 4.39 Å². The molecule has 0 bridgehead atoms. The van der Waals surface area contributed by atoms with E-state index in [9.17, 15) is 4.39 Å². The molecule has 0 amide bonds. The molecule has 5 nitrogen and oxygen atoms in total. The van der Waals surface area contributed by atoms with Crippen molar-refractivity contribution >= 4 is 22.6 Å². The molecule has 2 atom stereocenters. The molecule has 0 radical (unpaired) electrons. The number of hydrogen-bond donors (Lipinski definition) is 0. The predicted molar refractivity (Wildman–Crippen MR) is 77.6 cm³/mol. The number of hydrogen-bond acceptors (Lipinski definition) is 4. The Kier molecular flexibility index (Phi) is 4.89. The molecule has 2 unspecified atom stereocenters. The largest absolute Gasteiger partial charge is 0.419 e. The minimum atomic E-state index is -1.20. The van der Waals surface area contributed by atoms with Gasteiger partial charge in [-0.15, -0.1) is 10.2 Å². The molecular formula is C12H16FIN4O. The zero-order chi connectivity index (χ0) is 13.8. The zero-order valence-corrected chi connectivity index (χ0v) is 13.0. The van der Waals surface area contributed by atoms with E-state index in [4.69, 9.17) is 4.42 Å². The summed E-state index contributed by atoms with van der Waals surface area (Å²) in [5, 5.41) is 12.1. The molecule has 0 aromatic carbocycles. The van der Waals surface area contributed by atoms with Gasteiger partial charge in [0.15, 0.2) is 0 Å². The second kappa shape index (κ2) is 6.44. The molecule has 0 spiro atoms. The first-order chi connectivity index (χ1) is 9.15. The van der Waals surface area contributed by atoms with Gasteiger partial charge >= 0.3 is 0 Å². The molecule has 0 aliphatic carbocycles. The molecule has 7 heteroatoms. The third-order valence-electron chi connectivity index (χ3n) is 2.95. The van der Waals surface area contributed by atoms with Gasteiger partial charge < -0.3 is 4.42 Å². The number of aromatic nitrogens is 4. The summed E-state index contributed by atoms with van der Waals surface area (Å²) < 4.78 is 18.7. The normalized spacial score (nSPS) is 14.5. The van der Waals surface area contributed by atoms with Gasteiger partial charge in [-0.2, -0.15) is 5.10 Å². The Morgan fingerprint density at radius 2 is 2.21 bits per heavy atom. The molecule has 2 heterocycles. The van der Waals surface area contributed by atoms with Gasteiger partial charge in [-0.25, -0.2) is 9.07 Å². The van der Waals surface area contributed by atoms with Crippen LogP contribution in [-0.2, 0) is 0 Å². The lowest BCUT2D eigenvalue weighted by Crippen LogP contribution is -1.97. The van der Waals surface area contributed by atoms with Crippen molar-refractivity contribution in [3.05, 3.63) is 18.2 Å². The van der Waals surface area contributed by atoms with Crippen LogP contribution in [0, 0.1) is 0 Å². The van der Waals surface area contributed by atoms with E-state index in [1.165, 1.54) is 4.68 Å². The molecule has 0 aliphatic rings. The summed E-state index contributed by atoms with van der Waals surface area (Å²) in [6.45, 7) is 4.23. The van der Waals surface area contributed by atoms with Crippen LogP contribution in [0.15, 0.2) is 16.7 Å². The maximum atomic E-state index is 13.1. The van der Waals surface area contributed by atoms with E-state index in [-0.39, 0.29) is 5.92 Å². The Morgan fingerprint density at radius 3 is 2.79 bits per heavy atom. The van der Waals surface area contributed by atoms with E-state index in [0.29, 0.717) is 17.5 Å². The van der Waals surface area contributed by atoms with Crippen LogP contribution in [0.3, 0.4) is 0 Å². The summed E-state index contributed by atoms with van der Waals surface area (Å²) >= 11 is 1.64. The van der Waals surface area contributed by atoms with Gasteiger partial charge in [0, 0.05) is 12.1 Å². The van der Waals surface area contributed by atoms with Crippen molar-refractivity contribution in [1.29, 1.82) is 0 Å². The van der Waals surface area contributed by atoms with Gasteiger partial charge in [-0.1, -0.05) is 20.3 Å². The standard InChI is InChI=1S/C12H16FIN4O/c1-3-5-8(4-2)10-15-16-11(19-10)9-6-7-18(17-9)12(13)14/h6-8,12H,3-5H2,1-2H3. The van der Waals surface area contributed by atoms with Crippen molar-refractivity contribution in [1.82, 2.24) is 20.0 Å². The summed E-state index contributed by atoms with van der Waals surface area (Å²) in [5.41, 5.74) is 0.504. The number of alkyl halides is 2. The fraction of sp³-hybridized carbons (Fsp3) is 0.583. The number of rotatable bonds is 6. The van der Waals surface area contributed by atoms with E-state index >= 15 is 0 Å². The topological polar surface area (TPSA) is 56.7 Å². The molecule has 2 aromatic heterocycles. The van der Waals surface area contributed by atoms with Crippen molar-refractivity contribution in [2.24, 2.45) is 0 Å². The molecule has 0 fully saturated rings. The van der Waals surface area contributed by atoms with Gasteiger partial charge in [0.25, 0.3) is 5.89 Å². The van der Waals surface area contributed by atoms with Crippen LogP contribution >= 0.6 is 22.6 Å². The molecule has 19 heavy (non-hydrogen) atoms. The molecule has 0 saturated heterocycles. The SMILES string of the molecule is CCCC(CC)c1nnc(-c2ccn(C(F)I)n2)o1. The second-order valence-electron chi connectivity index (χ2n) is 4.30. The lowest BCUT2D eigenvalue weighted by Gasteiger charge is -2.07. The van der Waals surface area contributed by atoms with Gasteiger partial charge in [0.05, 0.1) is 0 Å². The van der Waals surface area contributed by atoms with Crippen LogP contribution in [0.5, 0.6) is 0 Å². The smallest absolute Gasteiger partial charge is 0.268 e. The quantitative estimate of drug-likeness (QED) is 0.561. The van der Waals surface area contributed by atoms with Crippen LogP contribution < -0.4 is 0 Å². The van der Waals surface area contributed by atoms with Gasteiger partial charge in [0.2, 0.25) is 10.2 Å². The number of halogens is 2. The Balaban J connectivity index is 2.19. The molecule has 2 aromatic rings. The van der Waals surface area contributed by atoms with Crippen molar-refractivity contribution < 1.29 is 8.81 Å². The molecule has 2 rings (SSSR count). The van der Waals surface area contributed by atoms with Crippen molar-refractivity contribution in [3.63, 3.8) is 0 Å². The monoisotopic (exact) mass is 378 g/mol. The highest BCUT2D eigenvalue weighted by molar-refractivity contribution is 14.1. The summed E-state index contributed by atoms with van der Waals surface area (Å²) in [6.07, 6.45) is 4.61. The first-order valence-corrected chi connectivity index (χ1v) is 7.57. The molecule has 0 saturated carbocycles. The minimum absolute atomic E-state index is 0.284. The summed E-state index contributed by atoms with van der Waals surface area (Å²) in [7, 11) is 0. The maximum Gasteiger partial charge on any atom is 0.268 e. The van der Waals surface area contributed by atoms with E-state index in [0.717, 1.165) is 19.3 Å². The van der Waals surface area contributed by atoms with E-state index < -0.39 is 4.30 Å². The van der Waals surface area contributed by atoms with Crippen molar-refractivity contribution in [2.75, 3.05) is 0 Å². The fourth-order valence-corrected chi connectivity index (χ4v) is 2.22. The Morgan fingerprint density at radius 1 is 1.42 bits per heavy atom. The first kappa shape index (κ1) is 14.4. The van der Waals surface area contributed by atoms with E-state index in [2.05, 4.69) is 29.1 Å². The molecule has 0 aliphatic heterocycles. The number of nitrogens with zero attached hydrogens (tertiary/aromatic N) is 4. The molecule has 104 valence electrons. The van der Waals surface area contributed by atoms with Gasteiger partial charge in [0.1, 0.15) is 5.69 Å². The summed E-state index contributed by atoms with van der Waals surface area (Å²) in [4.78, 5) is 0. The Hall–Kier alpha value is -0.990. The van der Waals surface area contributed by atoms with Crippen molar-refractivity contribution in [2.45, 2.75) is 43.3 Å². The van der Waals surface area contributed by atoms with E-state index in [1.54, 1.807) is 34.9 Å². The average molecular weight is 378 g/mol. The Bertz CT molecular complexity index is 525. The summed E-state index contributed by atoms with van der Waals surface area (Å²) in [6, 6.07) is 1.67. The van der Waals surface area contributed by atoms with Gasteiger partial charge in [-0.3, -0.25) is 0 Å². The third-order valence-corrected chi connectivity index (χ3v) is 3.52. The van der Waals surface area contributed by atoms with Crippen LogP contribution in [0.1, 0.15) is 49.2 Å². The highest BCUT2D eigenvalue weighted by Crippen LogP contribution is 2.26. The summed E-state index contributed by atoms with van der Waals surface area (Å²) in [5.74, 6) is 1.27. The second-order valence-corrected chi connectivity index (χ2v) is 5.33.